The largest absolute Gasteiger partial charge is 0.710 e. The Morgan fingerprint density at radius 1 is 1.00 bits per heavy atom. The van der Waals surface area contributed by atoms with Gasteiger partial charge in [-0.15, -0.1) is 10.2 Å². The van der Waals surface area contributed by atoms with E-state index in [1.54, 1.807) is 12.3 Å². The van der Waals surface area contributed by atoms with Crippen LogP contribution in [0.1, 0.15) is 31.2 Å². The number of nitrogens with zero attached hydrogens (tertiary/aromatic N) is 7. The zero-order chi connectivity index (χ0) is 23.3. The molecule has 9 heteroatoms. The van der Waals surface area contributed by atoms with Crippen LogP contribution in [0.2, 0.25) is 0 Å². The van der Waals surface area contributed by atoms with Gasteiger partial charge in [0.25, 0.3) is 0 Å². The van der Waals surface area contributed by atoms with Crippen molar-refractivity contribution < 1.29 is 4.73 Å². The van der Waals surface area contributed by atoms with Gasteiger partial charge >= 0.3 is 5.82 Å². The summed E-state index contributed by atoms with van der Waals surface area (Å²) in [6.07, 6.45) is 7.95. The molecule has 0 radical (unpaired) electrons. The van der Waals surface area contributed by atoms with Gasteiger partial charge in [0.15, 0.2) is 5.69 Å². The summed E-state index contributed by atoms with van der Waals surface area (Å²) < 4.78 is 2.88. The number of imidazole rings is 1. The van der Waals surface area contributed by atoms with Crippen LogP contribution in [-0.2, 0) is 13.0 Å². The van der Waals surface area contributed by atoms with Crippen LogP contribution in [0.25, 0.3) is 34.0 Å². The second kappa shape index (κ2) is 9.62. The fourth-order valence-electron chi connectivity index (χ4n) is 3.87. The van der Waals surface area contributed by atoms with Gasteiger partial charge in [-0.05, 0) is 33.3 Å². The van der Waals surface area contributed by atoms with Crippen molar-refractivity contribution in [1.82, 2.24) is 35.2 Å². The first-order chi connectivity index (χ1) is 16.7. The van der Waals surface area contributed by atoms with Gasteiger partial charge in [0.05, 0.1) is 6.20 Å². The van der Waals surface area contributed by atoms with E-state index in [1.807, 2.05) is 18.3 Å². The SMILES string of the molecule is CCCCc1nc(-c2nccc[n+]2[O-])cn1Cc1ccc(-c2ccc(-c3nn[nH]n3)cc2)cc1. The molecule has 0 spiro atoms. The minimum absolute atomic E-state index is 0.318. The van der Waals surface area contributed by atoms with E-state index < -0.39 is 0 Å². The molecule has 0 aliphatic rings. The maximum Gasteiger partial charge on any atom is 0.353 e. The Labute approximate surface area is 196 Å². The number of aromatic nitrogens is 8. The number of nitrogens with one attached hydrogen (secondary N) is 1. The van der Waals surface area contributed by atoms with Gasteiger partial charge in [-0.1, -0.05) is 61.9 Å². The van der Waals surface area contributed by atoms with Gasteiger partial charge in [0.2, 0.25) is 5.82 Å². The molecule has 0 bridgehead atoms. The van der Waals surface area contributed by atoms with Crippen LogP contribution in [-0.4, -0.2) is 35.2 Å². The molecule has 0 atom stereocenters. The summed E-state index contributed by atoms with van der Waals surface area (Å²) in [7, 11) is 0. The van der Waals surface area contributed by atoms with Gasteiger partial charge < -0.3 is 9.77 Å². The van der Waals surface area contributed by atoms with Crippen LogP contribution in [0.4, 0.5) is 0 Å². The average Bonchev–Trinajstić information content (AvgIpc) is 3.54. The molecule has 1 N–H and O–H groups in total. The molecule has 0 unspecified atom stereocenters. The van der Waals surface area contributed by atoms with E-state index in [2.05, 4.69) is 73.5 Å². The average molecular weight is 453 g/mol. The Hall–Kier alpha value is -4.40. The van der Waals surface area contributed by atoms with Gasteiger partial charge in [-0.2, -0.15) is 5.21 Å². The van der Waals surface area contributed by atoms with Crippen molar-refractivity contribution in [3.05, 3.63) is 89.8 Å². The number of aryl methyl sites for hydroxylation is 1. The predicted molar refractivity (Wildman–Crippen MR) is 127 cm³/mol. The lowest BCUT2D eigenvalue weighted by Crippen LogP contribution is -2.29. The smallest absolute Gasteiger partial charge is 0.353 e. The van der Waals surface area contributed by atoms with Gasteiger partial charge in [0.1, 0.15) is 12.0 Å². The van der Waals surface area contributed by atoms with Crippen LogP contribution >= 0.6 is 0 Å². The molecule has 9 nitrogen and oxygen atoms in total. The lowest BCUT2D eigenvalue weighted by Gasteiger charge is -2.09. The molecule has 3 aromatic heterocycles. The standard InChI is InChI=1S/C25H24N8O/c1-2-3-5-23-27-22(25-26-14-4-15-33(25)34)17-32(23)16-18-6-8-19(9-7-18)20-10-12-21(13-11-20)24-28-30-31-29-24/h4,6-15,17H,2-3,5,16H2,1H3,(H,28,29,30,31). The number of hydrogen-bond donors (Lipinski definition) is 1. The van der Waals surface area contributed by atoms with Crippen LogP contribution in [0.15, 0.2) is 73.2 Å². The Morgan fingerprint density at radius 2 is 1.74 bits per heavy atom. The van der Waals surface area contributed by atoms with Gasteiger partial charge in [-0.25, -0.2) is 9.71 Å². The zero-order valence-electron chi connectivity index (χ0n) is 18.8. The van der Waals surface area contributed by atoms with Gasteiger partial charge in [0, 0.05) is 30.8 Å². The first-order valence-electron chi connectivity index (χ1n) is 11.2. The number of unbranched alkanes of at least 4 members (excludes halogenated alkanes) is 1. The number of benzene rings is 2. The van der Waals surface area contributed by atoms with E-state index in [0.29, 0.717) is 23.9 Å². The molecular formula is C25H24N8O. The summed E-state index contributed by atoms with van der Waals surface area (Å²) in [4.78, 5) is 8.95. The van der Waals surface area contributed by atoms with Crippen molar-refractivity contribution in [2.75, 3.05) is 0 Å². The Balaban J connectivity index is 1.36. The molecule has 0 saturated carbocycles. The first kappa shape index (κ1) is 21.4. The highest BCUT2D eigenvalue weighted by Crippen LogP contribution is 2.24. The fraction of sp³-hybridized carbons (Fsp3) is 0.200. The monoisotopic (exact) mass is 452 g/mol. The lowest BCUT2D eigenvalue weighted by molar-refractivity contribution is -0.596. The maximum absolute atomic E-state index is 12.2. The van der Waals surface area contributed by atoms with Crippen molar-refractivity contribution in [3.63, 3.8) is 0 Å². The highest BCUT2D eigenvalue weighted by atomic mass is 16.5. The van der Waals surface area contributed by atoms with Crippen molar-refractivity contribution >= 4 is 0 Å². The third-order valence-corrected chi connectivity index (χ3v) is 5.68. The molecule has 170 valence electrons. The molecule has 0 aliphatic carbocycles. The van der Waals surface area contributed by atoms with E-state index in [4.69, 9.17) is 4.98 Å². The van der Waals surface area contributed by atoms with Crippen LogP contribution < -0.4 is 4.73 Å². The Kier molecular flexibility index (Phi) is 6.07. The van der Waals surface area contributed by atoms with Crippen LogP contribution in [0.5, 0.6) is 0 Å². The maximum atomic E-state index is 12.2. The predicted octanol–water partition coefficient (Wildman–Crippen LogP) is 3.82. The van der Waals surface area contributed by atoms with E-state index in [0.717, 1.165) is 52.1 Å². The zero-order valence-corrected chi connectivity index (χ0v) is 18.8. The summed E-state index contributed by atoms with van der Waals surface area (Å²) in [5.41, 5.74) is 4.91. The number of H-pyrrole nitrogens is 1. The highest BCUT2D eigenvalue weighted by Gasteiger charge is 2.17. The topological polar surface area (TPSA) is 112 Å². The number of hydrogen-bond acceptors (Lipinski definition) is 6. The van der Waals surface area contributed by atoms with Crippen molar-refractivity contribution in [3.8, 4) is 34.0 Å². The van der Waals surface area contributed by atoms with E-state index in [1.165, 1.54) is 6.20 Å². The molecule has 0 aliphatic heterocycles. The summed E-state index contributed by atoms with van der Waals surface area (Å²) in [5, 5.41) is 26.3. The van der Waals surface area contributed by atoms with E-state index in [-0.39, 0.29) is 0 Å². The Morgan fingerprint density at radius 3 is 2.41 bits per heavy atom. The molecule has 2 aromatic carbocycles. The second-order valence-corrected chi connectivity index (χ2v) is 8.05. The third-order valence-electron chi connectivity index (χ3n) is 5.68. The van der Waals surface area contributed by atoms with E-state index in [9.17, 15) is 5.21 Å². The van der Waals surface area contributed by atoms with Gasteiger partial charge in [-0.3, -0.25) is 0 Å². The second-order valence-electron chi connectivity index (χ2n) is 8.05. The normalized spacial score (nSPS) is 11.1. The van der Waals surface area contributed by atoms with Crippen molar-refractivity contribution in [1.29, 1.82) is 0 Å². The number of aromatic amines is 1. The molecule has 5 aromatic rings. The number of tetrazole rings is 1. The summed E-state index contributed by atoms with van der Waals surface area (Å²) in [6.45, 7) is 2.83. The van der Waals surface area contributed by atoms with E-state index >= 15 is 0 Å². The fourth-order valence-corrected chi connectivity index (χ4v) is 3.87. The van der Waals surface area contributed by atoms with Crippen LogP contribution in [0.3, 0.4) is 0 Å². The molecular weight excluding hydrogens is 428 g/mol. The van der Waals surface area contributed by atoms with Crippen molar-refractivity contribution in [2.24, 2.45) is 0 Å². The minimum atomic E-state index is 0.318. The first-order valence-corrected chi connectivity index (χ1v) is 11.2. The van der Waals surface area contributed by atoms with Crippen LogP contribution in [0, 0.1) is 5.21 Å². The third kappa shape index (κ3) is 4.54. The lowest BCUT2D eigenvalue weighted by atomic mass is 10.0. The molecule has 0 saturated heterocycles. The molecule has 5 rings (SSSR count). The molecule has 0 amide bonds. The summed E-state index contributed by atoms with van der Waals surface area (Å²) >= 11 is 0. The molecule has 34 heavy (non-hydrogen) atoms. The summed E-state index contributed by atoms with van der Waals surface area (Å²) in [5.74, 6) is 1.86. The van der Waals surface area contributed by atoms with Crippen molar-refractivity contribution in [2.45, 2.75) is 32.7 Å². The summed E-state index contributed by atoms with van der Waals surface area (Å²) in [6, 6.07) is 18.2. The quantitative estimate of drug-likeness (QED) is 0.283. The number of rotatable bonds is 8. The Bertz CT molecular complexity index is 1360. The highest BCUT2D eigenvalue weighted by molar-refractivity contribution is 5.67. The molecule has 3 heterocycles. The molecule has 0 fully saturated rings. The minimum Gasteiger partial charge on any atom is -0.710 e.